The van der Waals surface area contributed by atoms with E-state index < -0.39 is 0 Å². The molecule has 122 valence electrons. The molecule has 1 saturated heterocycles. The molecule has 0 bridgehead atoms. The molecule has 1 fully saturated rings. The molecule has 0 aliphatic carbocycles. The summed E-state index contributed by atoms with van der Waals surface area (Å²) in [5, 5.41) is 9.07. The average Bonchev–Trinajstić information content (AvgIpc) is 3.24. The molecule has 0 radical (unpaired) electrons. The van der Waals surface area contributed by atoms with E-state index in [0.717, 1.165) is 36.8 Å². The van der Waals surface area contributed by atoms with Gasteiger partial charge in [0.2, 0.25) is 0 Å². The van der Waals surface area contributed by atoms with E-state index >= 15 is 0 Å². The van der Waals surface area contributed by atoms with Crippen LogP contribution in [0.1, 0.15) is 25.0 Å². The molecule has 1 aromatic carbocycles. The van der Waals surface area contributed by atoms with Crippen molar-refractivity contribution in [3.63, 3.8) is 0 Å². The topological polar surface area (TPSA) is 63.4 Å². The van der Waals surface area contributed by atoms with Crippen molar-refractivity contribution in [3.8, 4) is 5.69 Å². The molecular weight excluding hydrogens is 322 g/mol. The maximum atomic E-state index is 12.2. The molecule has 1 aromatic heterocycles. The Hall–Kier alpha value is -2.41. The second-order valence-corrected chi connectivity index (χ2v) is 6.79. The van der Waals surface area contributed by atoms with Gasteiger partial charge in [0, 0.05) is 13.1 Å². The number of benzene rings is 1. The molecule has 3 heterocycles. The highest BCUT2D eigenvalue weighted by atomic mass is 32.2. The second kappa shape index (κ2) is 6.60. The lowest BCUT2D eigenvalue weighted by molar-refractivity contribution is -0.113. The van der Waals surface area contributed by atoms with Gasteiger partial charge in [0.05, 0.1) is 16.8 Å². The Morgan fingerprint density at radius 3 is 2.67 bits per heavy atom. The van der Waals surface area contributed by atoms with E-state index in [0.29, 0.717) is 10.6 Å². The first-order valence-corrected chi connectivity index (χ1v) is 8.86. The minimum absolute atomic E-state index is 0.185. The number of hydrogen-bond acceptors (Lipinski definition) is 5. The summed E-state index contributed by atoms with van der Waals surface area (Å²) in [6, 6.07) is 9.77. The van der Waals surface area contributed by atoms with E-state index in [1.165, 1.54) is 18.2 Å². The molecule has 0 unspecified atom stereocenters. The number of aliphatic imine (C=N–C) groups is 1. The van der Waals surface area contributed by atoms with Gasteiger partial charge in [0.1, 0.15) is 5.69 Å². The molecule has 2 aliphatic rings. The fourth-order valence-electron chi connectivity index (χ4n) is 2.80. The van der Waals surface area contributed by atoms with Crippen molar-refractivity contribution >= 4 is 28.9 Å². The zero-order chi connectivity index (χ0) is 16.4. The van der Waals surface area contributed by atoms with Crippen LogP contribution in [0.25, 0.3) is 11.8 Å². The number of amides is 1. The Labute approximate surface area is 144 Å². The van der Waals surface area contributed by atoms with Crippen LogP contribution in [0.5, 0.6) is 0 Å². The molecule has 2 aliphatic heterocycles. The number of hydrogen-bond donors (Lipinski definition) is 0. The van der Waals surface area contributed by atoms with Crippen molar-refractivity contribution in [2.75, 3.05) is 13.1 Å². The van der Waals surface area contributed by atoms with Crippen LogP contribution < -0.4 is 0 Å². The smallest absolute Gasteiger partial charge is 0.286 e. The van der Waals surface area contributed by atoms with E-state index in [-0.39, 0.29) is 5.91 Å². The van der Waals surface area contributed by atoms with E-state index in [1.54, 1.807) is 10.8 Å². The van der Waals surface area contributed by atoms with Crippen LogP contribution in [0.2, 0.25) is 0 Å². The minimum atomic E-state index is -0.185. The van der Waals surface area contributed by atoms with Crippen molar-refractivity contribution in [2.45, 2.75) is 19.3 Å². The fraction of sp³-hybridized carbons (Fsp3) is 0.294. The third kappa shape index (κ3) is 3.12. The average molecular weight is 339 g/mol. The van der Waals surface area contributed by atoms with Gasteiger partial charge < -0.3 is 4.90 Å². The fourth-order valence-corrected chi connectivity index (χ4v) is 3.75. The van der Waals surface area contributed by atoms with Gasteiger partial charge >= 0.3 is 0 Å². The van der Waals surface area contributed by atoms with Gasteiger partial charge in [0.25, 0.3) is 5.91 Å². The number of carbonyl (C=O) groups excluding carboxylic acids is 1. The lowest BCUT2D eigenvalue weighted by atomic mass is 10.1. The molecule has 1 amide bonds. The summed E-state index contributed by atoms with van der Waals surface area (Å²) in [4.78, 5) is 19.2. The first-order valence-electron chi connectivity index (χ1n) is 8.05. The Kier molecular flexibility index (Phi) is 4.17. The summed E-state index contributed by atoms with van der Waals surface area (Å²) in [5.74, 6) is -0.185. The molecule has 6 nitrogen and oxygen atoms in total. The van der Waals surface area contributed by atoms with E-state index in [9.17, 15) is 4.79 Å². The highest BCUT2D eigenvalue weighted by Crippen LogP contribution is 2.31. The minimum Gasteiger partial charge on any atom is -0.351 e. The maximum absolute atomic E-state index is 12.2. The molecule has 0 saturated carbocycles. The van der Waals surface area contributed by atoms with Crippen molar-refractivity contribution < 1.29 is 4.79 Å². The predicted octanol–water partition coefficient (Wildman–Crippen LogP) is 2.72. The molecule has 0 spiro atoms. The lowest BCUT2D eigenvalue weighted by Gasteiger charge is -2.27. The second-order valence-electron chi connectivity index (χ2n) is 5.78. The van der Waals surface area contributed by atoms with Gasteiger partial charge in [-0.1, -0.05) is 23.4 Å². The van der Waals surface area contributed by atoms with Gasteiger partial charge in [-0.2, -0.15) is 4.99 Å². The normalized spacial score (nSPS) is 19.8. The number of para-hydroxylation sites is 1. The summed E-state index contributed by atoms with van der Waals surface area (Å²) in [6.45, 7) is 1.97. The quantitative estimate of drug-likeness (QED) is 0.787. The van der Waals surface area contributed by atoms with Crippen LogP contribution in [-0.4, -0.2) is 44.1 Å². The number of piperidine rings is 1. The molecule has 2 aromatic rings. The van der Waals surface area contributed by atoms with Crippen LogP contribution in [0.15, 0.2) is 46.4 Å². The summed E-state index contributed by atoms with van der Waals surface area (Å²) < 4.78 is 1.70. The summed E-state index contributed by atoms with van der Waals surface area (Å²) >= 11 is 1.44. The highest BCUT2D eigenvalue weighted by Gasteiger charge is 2.27. The molecule has 4 rings (SSSR count). The lowest BCUT2D eigenvalue weighted by Crippen LogP contribution is -2.33. The van der Waals surface area contributed by atoms with E-state index in [4.69, 9.17) is 0 Å². The molecule has 7 heteroatoms. The van der Waals surface area contributed by atoms with Gasteiger partial charge in [-0.05, 0) is 49.2 Å². The van der Waals surface area contributed by atoms with Gasteiger partial charge in [0.15, 0.2) is 5.17 Å². The SMILES string of the molecule is O=C1N=C(N2CCCCC2)S/C1=C\c1cn(-c2ccccc2)nn1. The van der Waals surface area contributed by atoms with E-state index in [1.807, 2.05) is 36.5 Å². The maximum Gasteiger partial charge on any atom is 0.286 e. The summed E-state index contributed by atoms with van der Waals surface area (Å²) in [6.07, 6.45) is 7.17. The Bertz CT molecular complexity index is 805. The van der Waals surface area contributed by atoms with Gasteiger partial charge in [-0.3, -0.25) is 4.79 Å². The summed E-state index contributed by atoms with van der Waals surface area (Å²) in [5.41, 5.74) is 1.59. The van der Waals surface area contributed by atoms with Crippen molar-refractivity contribution in [3.05, 3.63) is 47.1 Å². The number of amidine groups is 1. The Morgan fingerprint density at radius 1 is 1.08 bits per heavy atom. The molecule has 0 atom stereocenters. The highest BCUT2D eigenvalue weighted by molar-refractivity contribution is 8.18. The standard InChI is InChI=1S/C17H17N5OS/c23-16-15(24-17(18-16)21-9-5-2-6-10-21)11-13-12-22(20-19-13)14-7-3-1-4-8-14/h1,3-4,7-8,11-12H,2,5-6,9-10H2/b15-11-. The Balaban J connectivity index is 1.50. The van der Waals surface area contributed by atoms with Crippen molar-refractivity contribution in [1.82, 2.24) is 19.9 Å². The molecule has 24 heavy (non-hydrogen) atoms. The van der Waals surface area contributed by atoms with Gasteiger partial charge in [-0.25, -0.2) is 4.68 Å². The third-order valence-electron chi connectivity index (χ3n) is 4.05. The summed E-state index contributed by atoms with van der Waals surface area (Å²) in [7, 11) is 0. The van der Waals surface area contributed by atoms with Gasteiger partial charge in [-0.15, -0.1) is 5.10 Å². The van der Waals surface area contributed by atoms with Crippen LogP contribution in [0.4, 0.5) is 0 Å². The van der Waals surface area contributed by atoms with Crippen LogP contribution in [0, 0.1) is 0 Å². The van der Waals surface area contributed by atoms with Crippen LogP contribution in [0.3, 0.4) is 0 Å². The number of likely N-dealkylation sites (tertiary alicyclic amines) is 1. The number of rotatable bonds is 2. The largest absolute Gasteiger partial charge is 0.351 e. The zero-order valence-corrected chi connectivity index (χ0v) is 13.9. The number of nitrogens with zero attached hydrogens (tertiary/aromatic N) is 5. The predicted molar refractivity (Wildman–Crippen MR) is 94.8 cm³/mol. The van der Waals surface area contributed by atoms with Crippen molar-refractivity contribution in [2.24, 2.45) is 4.99 Å². The Morgan fingerprint density at radius 2 is 1.88 bits per heavy atom. The molecule has 0 N–H and O–H groups in total. The first kappa shape index (κ1) is 15.1. The van der Waals surface area contributed by atoms with Crippen LogP contribution in [-0.2, 0) is 4.79 Å². The van der Waals surface area contributed by atoms with E-state index in [2.05, 4.69) is 20.2 Å². The number of carbonyl (C=O) groups is 1. The number of aromatic nitrogens is 3. The molecular formula is C17H17N5OS. The zero-order valence-electron chi connectivity index (χ0n) is 13.1. The number of thioether (sulfide) groups is 1. The van der Waals surface area contributed by atoms with Crippen LogP contribution >= 0.6 is 11.8 Å². The van der Waals surface area contributed by atoms with Crippen molar-refractivity contribution in [1.29, 1.82) is 0 Å². The third-order valence-corrected chi connectivity index (χ3v) is 5.09. The first-order chi connectivity index (χ1) is 11.8. The monoisotopic (exact) mass is 339 g/mol.